The van der Waals surface area contributed by atoms with Crippen LogP contribution in [-0.2, 0) is 22.7 Å². The molecule has 0 bridgehead atoms. The van der Waals surface area contributed by atoms with Gasteiger partial charge >= 0.3 is 6.09 Å². The van der Waals surface area contributed by atoms with Crippen molar-refractivity contribution in [2.45, 2.75) is 38.4 Å². The van der Waals surface area contributed by atoms with E-state index in [1.54, 1.807) is 19.2 Å². The molecule has 5 heterocycles. The van der Waals surface area contributed by atoms with Crippen LogP contribution in [-0.4, -0.2) is 94.2 Å². The molecule has 2 aromatic carbocycles. The Kier molecular flexibility index (Phi) is 9.92. The van der Waals surface area contributed by atoms with Gasteiger partial charge in [-0.3, -0.25) is 14.5 Å². The molecule has 3 amide bonds. The molecule has 4 aromatic rings. The van der Waals surface area contributed by atoms with Crippen molar-refractivity contribution >= 4 is 41.1 Å². The molecular formula is C37H37Cl2N7O6. The highest BCUT2D eigenvalue weighted by molar-refractivity contribution is 6.38. The van der Waals surface area contributed by atoms with E-state index in [0.29, 0.717) is 75.4 Å². The molecule has 1 spiro atoms. The second kappa shape index (κ2) is 14.6. The number of carbonyl (C=O) groups excluding carboxylic acids is 2. The van der Waals surface area contributed by atoms with Crippen molar-refractivity contribution in [1.82, 2.24) is 35.4 Å². The molecule has 0 saturated carbocycles. The molecule has 13 nitrogen and oxygen atoms in total. The summed E-state index contributed by atoms with van der Waals surface area (Å²) in [7, 11) is 3.10. The van der Waals surface area contributed by atoms with Crippen molar-refractivity contribution in [2.75, 3.05) is 40.4 Å². The number of amides is 3. The first-order valence-electron chi connectivity index (χ1n) is 16.8. The van der Waals surface area contributed by atoms with Crippen LogP contribution < -0.4 is 20.1 Å². The van der Waals surface area contributed by atoms with Crippen molar-refractivity contribution in [3.05, 3.63) is 76.0 Å². The number of halogens is 2. The number of methoxy groups -OCH3 is 2. The molecule has 3 fully saturated rings. The van der Waals surface area contributed by atoms with E-state index in [-0.39, 0.29) is 42.2 Å². The first-order valence-corrected chi connectivity index (χ1v) is 17.6. The van der Waals surface area contributed by atoms with Gasteiger partial charge in [0.2, 0.25) is 17.7 Å². The minimum Gasteiger partial charge on any atom is -0.496 e. The number of aromatic nitrogens is 3. The van der Waals surface area contributed by atoms with E-state index in [1.807, 2.05) is 36.4 Å². The van der Waals surface area contributed by atoms with Crippen LogP contribution in [0.5, 0.6) is 11.6 Å². The lowest BCUT2D eigenvalue weighted by Gasteiger charge is -2.47. The molecule has 1 atom stereocenters. The zero-order chi connectivity index (χ0) is 36.6. The molecule has 3 aliphatic heterocycles. The maximum absolute atomic E-state index is 12.1. The molecular weight excluding hydrogens is 709 g/mol. The van der Waals surface area contributed by atoms with Gasteiger partial charge in [-0.05, 0) is 24.6 Å². The maximum Gasteiger partial charge on any atom is 0.407 e. The van der Waals surface area contributed by atoms with Crippen molar-refractivity contribution in [2.24, 2.45) is 5.41 Å². The van der Waals surface area contributed by atoms with E-state index in [4.69, 9.17) is 32.7 Å². The van der Waals surface area contributed by atoms with Gasteiger partial charge in [0.15, 0.2) is 0 Å². The highest BCUT2D eigenvalue weighted by Crippen LogP contribution is 2.42. The van der Waals surface area contributed by atoms with Crippen LogP contribution >= 0.6 is 23.2 Å². The second-order valence-corrected chi connectivity index (χ2v) is 14.3. The minimum absolute atomic E-state index is 0.0237. The Hall–Kier alpha value is -4.98. The minimum atomic E-state index is -1.11. The molecule has 1 unspecified atom stereocenters. The molecule has 0 aliphatic carbocycles. The Morgan fingerprint density at radius 2 is 1.77 bits per heavy atom. The Morgan fingerprint density at radius 3 is 2.46 bits per heavy atom. The van der Waals surface area contributed by atoms with Gasteiger partial charge in [-0.1, -0.05) is 53.5 Å². The summed E-state index contributed by atoms with van der Waals surface area (Å²) in [6.07, 6.45) is 1.87. The number of rotatable bonds is 11. The van der Waals surface area contributed by atoms with Crippen LogP contribution in [0.15, 0.2) is 54.9 Å². The summed E-state index contributed by atoms with van der Waals surface area (Å²) in [5.41, 5.74) is 5.00. The topological polar surface area (TPSA) is 159 Å². The largest absolute Gasteiger partial charge is 0.496 e. The van der Waals surface area contributed by atoms with E-state index >= 15 is 0 Å². The van der Waals surface area contributed by atoms with Crippen LogP contribution in [0.2, 0.25) is 10.0 Å². The van der Waals surface area contributed by atoms with E-state index in [9.17, 15) is 19.5 Å². The fraction of sp³-hybridized carbons (Fsp3) is 0.351. The highest BCUT2D eigenvalue weighted by Gasteiger charge is 2.48. The van der Waals surface area contributed by atoms with E-state index in [2.05, 4.69) is 30.5 Å². The van der Waals surface area contributed by atoms with Gasteiger partial charge in [-0.2, -0.15) is 0 Å². The second-order valence-electron chi connectivity index (χ2n) is 13.5. The fourth-order valence-corrected chi connectivity index (χ4v) is 7.96. The lowest BCUT2D eigenvalue weighted by molar-refractivity contribution is -0.121. The van der Waals surface area contributed by atoms with Gasteiger partial charge in [-0.25, -0.2) is 19.7 Å². The summed E-state index contributed by atoms with van der Waals surface area (Å²) >= 11 is 14.1. The Labute approximate surface area is 310 Å². The predicted octanol–water partition coefficient (Wildman–Crippen LogP) is 5.28. The number of pyridine rings is 1. The molecule has 15 heteroatoms. The van der Waals surface area contributed by atoms with Crippen molar-refractivity contribution in [3.8, 4) is 45.4 Å². The normalized spacial score (nSPS) is 17.8. The van der Waals surface area contributed by atoms with E-state index in [0.717, 1.165) is 30.8 Å². The quantitative estimate of drug-likeness (QED) is 0.185. The highest BCUT2D eigenvalue weighted by atomic mass is 35.5. The number of hydrogen-bond acceptors (Lipinski definition) is 9. The number of likely N-dealkylation sites (tertiary alicyclic amines) is 1. The molecule has 270 valence electrons. The number of carboxylic acid groups (broad SMARTS) is 1. The number of ether oxygens (including phenoxy) is 2. The van der Waals surface area contributed by atoms with Gasteiger partial charge in [0.05, 0.1) is 47.9 Å². The smallest absolute Gasteiger partial charge is 0.407 e. The first-order chi connectivity index (χ1) is 25.1. The molecule has 3 saturated heterocycles. The van der Waals surface area contributed by atoms with E-state index < -0.39 is 6.09 Å². The van der Waals surface area contributed by atoms with Crippen LogP contribution in [0.25, 0.3) is 33.8 Å². The molecule has 52 heavy (non-hydrogen) atoms. The summed E-state index contributed by atoms with van der Waals surface area (Å²) in [6.45, 7) is 3.32. The number of nitrogens with zero attached hydrogens (tertiary/aromatic N) is 5. The Bertz CT molecular complexity index is 2060. The first kappa shape index (κ1) is 35.4. The summed E-state index contributed by atoms with van der Waals surface area (Å²) in [6, 6.07) is 14.6. The summed E-state index contributed by atoms with van der Waals surface area (Å²) in [4.78, 5) is 52.7. The predicted molar refractivity (Wildman–Crippen MR) is 194 cm³/mol. The summed E-state index contributed by atoms with van der Waals surface area (Å²) < 4.78 is 11.4. The van der Waals surface area contributed by atoms with Crippen molar-refractivity contribution < 1.29 is 29.0 Å². The fourth-order valence-electron chi connectivity index (χ4n) is 7.34. The lowest BCUT2D eigenvalue weighted by Crippen LogP contribution is -2.56. The Morgan fingerprint density at radius 1 is 1.00 bits per heavy atom. The van der Waals surface area contributed by atoms with Gasteiger partial charge in [0, 0.05) is 84.8 Å². The summed E-state index contributed by atoms with van der Waals surface area (Å²) in [5, 5.41) is 16.3. The Balaban J connectivity index is 1.12. The van der Waals surface area contributed by atoms with Gasteiger partial charge in [-0.15, -0.1) is 0 Å². The van der Waals surface area contributed by atoms with E-state index in [1.165, 1.54) is 18.3 Å². The average Bonchev–Trinajstić information content (AvgIpc) is 3.73. The number of hydrogen-bond donors (Lipinski definition) is 3. The van der Waals surface area contributed by atoms with Crippen molar-refractivity contribution in [3.63, 3.8) is 0 Å². The number of nitrogens with one attached hydrogen (secondary N) is 2. The third-order valence-electron chi connectivity index (χ3n) is 9.88. The zero-order valence-corrected chi connectivity index (χ0v) is 30.1. The van der Waals surface area contributed by atoms with Crippen LogP contribution in [0.4, 0.5) is 4.79 Å². The third kappa shape index (κ3) is 7.08. The number of carbonyl (C=O) groups is 3. The van der Waals surface area contributed by atoms with Gasteiger partial charge in [0.25, 0.3) is 0 Å². The maximum atomic E-state index is 12.1. The van der Waals surface area contributed by atoms with Gasteiger partial charge < -0.3 is 30.1 Å². The molecule has 7 rings (SSSR count). The van der Waals surface area contributed by atoms with Crippen LogP contribution in [0.3, 0.4) is 0 Å². The molecule has 2 aromatic heterocycles. The molecule has 3 N–H and O–H groups in total. The zero-order valence-electron chi connectivity index (χ0n) is 28.6. The van der Waals surface area contributed by atoms with Crippen LogP contribution in [0.1, 0.15) is 30.4 Å². The monoisotopic (exact) mass is 745 g/mol. The summed E-state index contributed by atoms with van der Waals surface area (Å²) in [5.74, 6) is 0.994. The average molecular weight is 747 g/mol. The number of benzene rings is 2. The lowest BCUT2D eigenvalue weighted by atomic mass is 9.79. The van der Waals surface area contributed by atoms with Crippen LogP contribution in [0, 0.1) is 5.41 Å². The van der Waals surface area contributed by atoms with Gasteiger partial charge in [0.1, 0.15) is 12.1 Å². The molecule has 0 radical (unpaired) electrons. The molecule has 3 aliphatic rings. The van der Waals surface area contributed by atoms with Crippen molar-refractivity contribution in [1.29, 1.82) is 0 Å². The third-order valence-corrected chi connectivity index (χ3v) is 10.6. The standard InChI is InChI=1S/C37H37Cl2N7O6/c1-51-28-12-21(6-7-22(28)14-45-18-37(19-45)13-30(48)40-17-37)33-32(39)34(42-20-41-33)26-5-3-4-25(31(26)38)27-10-8-23(35(44-27)52-2)15-46(36(49)50)16-24-9-11-29(47)43-24/h3-8,10,12,20,24H,9,11,13-19H2,1-2H3,(H,40,48)(H,43,47)(H,49,50). The SMILES string of the molecule is COc1cc(-c2ncnc(-c3cccc(-c4ccc(CN(CC5CCC(=O)N5)C(=O)O)c(OC)n4)c3Cl)c2Cl)ccc1CN1CC2(CNC(=O)C2)C1.